The van der Waals surface area contributed by atoms with E-state index in [1.54, 1.807) is 19.3 Å². The number of carbonyl (C=O) groups is 1. The standard InChI is InChI=1S/C12H13N3O2S/c1-2-17-12(16)14-7-11-15-10(8-18-11)9-3-5-13-6-4-9/h3-6,8H,2,7H2,1H3,(H,14,16). The van der Waals surface area contributed by atoms with Crippen LogP contribution in [0.5, 0.6) is 0 Å². The second-order valence-corrected chi connectivity index (χ2v) is 4.38. The predicted octanol–water partition coefficient (Wildman–Crippen LogP) is 2.45. The van der Waals surface area contributed by atoms with E-state index in [0.29, 0.717) is 13.2 Å². The van der Waals surface area contributed by atoms with Crippen LogP contribution in [0.1, 0.15) is 11.9 Å². The summed E-state index contributed by atoms with van der Waals surface area (Å²) in [6.07, 6.45) is 3.04. The third-order valence-electron chi connectivity index (χ3n) is 2.19. The molecule has 18 heavy (non-hydrogen) atoms. The molecule has 2 aromatic heterocycles. The van der Waals surface area contributed by atoms with Crippen LogP contribution in [0.25, 0.3) is 11.3 Å². The summed E-state index contributed by atoms with van der Waals surface area (Å²) in [5.41, 5.74) is 1.91. The Hall–Kier alpha value is -1.95. The number of carbonyl (C=O) groups excluding carboxylic acids is 1. The third kappa shape index (κ3) is 3.27. The zero-order chi connectivity index (χ0) is 12.8. The van der Waals surface area contributed by atoms with Crippen LogP contribution in [-0.2, 0) is 11.3 Å². The lowest BCUT2D eigenvalue weighted by atomic mass is 10.2. The number of amides is 1. The van der Waals surface area contributed by atoms with E-state index in [1.807, 2.05) is 17.5 Å². The second-order valence-electron chi connectivity index (χ2n) is 3.44. The number of hydrogen-bond acceptors (Lipinski definition) is 5. The lowest BCUT2D eigenvalue weighted by molar-refractivity contribution is 0.151. The minimum absolute atomic E-state index is 0.367. The van der Waals surface area contributed by atoms with Crippen molar-refractivity contribution >= 4 is 17.4 Å². The summed E-state index contributed by atoms with van der Waals surface area (Å²) < 4.78 is 4.77. The number of aromatic nitrogens is 2. The fraction of sp³-hybridized carbons (Fsp3) is 0.250. The molecular weight excluding hydrogens is 250 g/mol. The lowest BCUT2D eigenvalue weighted by Gasteiger charge is -2.02. The number of rotatable bonds is 4. The highest BCUT2D eigenvalue weighted by Crippen LogP contribution is 2.20. The summed E-state index contributed by atoms with van der Waals surface area (Å²) in [4.78, 5) is 19.5. The van der Waals surface area contributed by atoms with Gasteiger partial charge in [0.25, 0.3) is 0 Å². The number of ether oxygens (including phenoxy) is 1. The van der Waals surface area contributed by atoms with Gasteiger partial charge in [-0.1, -0.05) is 0 Å². The summed E-state index contributed by atoms with van der Waals surface area (Å²) >= 11 is 1.50. The van der Waals surface area contributed by atoms with Crippen molar-refractivity contribution in [1.29, 1.82) is 0 Å². The Morgan fingerprint density at radius 1 is 1.44 bits per heavy atom. The number of pyridine rings is 1. The van der Waals surface area contributed by atoms with E-state index in [4.69, 9.17) is 4.74 Å². The molecule has 94 valence electrons. The van der Waals surface area contributed by atoms with Gasteiger partial charge in [-0.2, -0.15) is 0 Å². The minimum Gasteiger partial charge on any atom is -0.450 e. The first-order valence-corrected chi connectivity index (χ1v) is 6.43. The van der Waals surface area contributed by atoms with E-state index in [1.165, 1.54) is 11.3 Å². The van der Waals surface area contributed by atoms with E-state index in [0.717, 1.165) is 16.3 Å². The van der Waals surface area contributed by atoms with Crippen molar-refractivity contribution in [3.05, 3.63) is 34.9 Å². The van der Waals surface area contributed by atoms with E-state index < -0.39 is 6.09 Å². The molecule has 0 saturated heterocycles. The van der Waals surface area contributed by atoms with Crippen LogP contribution >= 0.6 is 11.3 Å². The van der Waals surface area contributed by atoms with Crippen LogP contribution in [0.3, 0.4) is 0 Å². The lowest BCUT2D eigenvalue weighted by Crippen LogP contribution is -2.23. The van der Waals surface area contributed by atoms with Crippen LogP contribution in [-0.4, -0.2) is 22.7 Å². The molecule has 0 radical (unpaired) electrons. The van der Waals surface area contributed by atoms with Gasteiger partial charge >= 0.3 is 6.09 Å². The third-order valence-corrected chi connectivity index (χ3v) is 3.04. The van der Waals surface area contributed by atoms with Crippen LogP contribution in [0, 0.1) is 0 Å². The first kappa shape index (κ1) is 12.5. The number of alkyl carbamates (subject to hydrolysis) is 1. The summed E-state index contributed by atoms with van der Waals surface area (Å²) in [5.74, 6) is 0. The van der Waals surface area contributed by atoms with E-state index in [9.17, 15) is 4.79 Å². The largest absolute Gasteiger partial charge is 0.450 e. The smallest absolute Gasteiger partial charge is 0.407 e. The van der Waals surface area contributed by atoms with Crippen LogP contribution < -0.4 is 5.32 Å². The van der Waals surface area contributed by atoms with Gasteiger partial charge in [-0.25, -0.2) is 9.78 Å². The predicted molar refractivity (Wildman–Crippen MR) is 69.2 cm³/mol. The van der Waals surface area contributed by atoms with Gasteiger partial charge in [0.15, 0.2) is 0 Å². The van der Waals surface area contributed by atoms with Crippen molar-refractivity contribution in [1.82, 2.24) is 15.3 Å². The van der Waals surface area contributed by atoms with Crippen molar-refractivity contribution < 1.29 is 9.53 Å². The molecule has 6 heteroatoms. The molecule has 0 saturated carbocycles. The molecule has 2 aromatic rings. The molecule has 5 nitrogen and oxygen atoms in total. The molecule has 2 rings (SSSR count). The Bertz CT molecular complexity index is 513. The van der Waals surface area contributed by atoms with E-state index in [-0.39, 0.29) is 0 Å². The quantitative estimate of drug-likeness (QED) is 0.920. The van der Waals surface area contributed by atoms with Crippen LogP contribution in [0.2, 0.25) is 0 Å². The van der Waals surface area contributed by atoms with Gasteiger partial charge in [-0.15, -0.1) is 11.3 Å². The normalized spacial score (nSPS) is 10.1. The highest BCUT2D eigenvalue weighted by Gasteiger charge is 2.06. The molecule has 1 N–H and O–H groups in total. The molecule has 2 heterocycles. The first-order valence-electron chi connectivity index (χ1n) is 5.55. The number of hydrogen-bond donors (Lipinski definition) is 1. The Balaban J connectivity index is 1.97. The maximum Gasteiger partial charge on any atom is 0.407 e. The first-order chi connectivity index (χ1) is 8.79. The van der Waals surface area contributed by atoms with Gasteiger partial charge in [0.1, 0.15) is 5.01 Å². The summed E-state index contributed by atoms with van der Waals surface area (Å²) in [6, 6.07) is 3.80. The van der Waals surface area contributed by atoms with Crippen LogP contribution in [0.4, 0.5) is 4.79 Å². The average Bonchev–Trinajstić information content (AvgIpc) is 2.87. The van der Waals surface area contributed by atoms with Crippen molar-refractivity contribution in [3.8, 4) is 11.3 Å². The summed E-state index contributed by atoms with van der Waals surface area (Å²) in [5, 5.41) is 5.44. The van der Waals surface area contributed by atoms with Gasteiger partial charge in [0.2, 0.25) is 0 Å². The Morgan fingerprint density at radius 2 is 2.22 bits per heavy atom. The van der Waals surface area contributed by atoms with Crippen molar-refractivity contribution in [2.75, 3.05) is 6.61 Å². The molecule has 0 aromatic carbocycles. The monoisotopic (exact) mass is 263 g/mol. The van der Waals surface area contributed by atoms with Gasteiger partial charge < -0.3 is 10.1 Å². The maximum atomic E-state index is 11.1. The number of nitrogens with zero attached hydrogens (tertiary/aromatic N) is 2. The molecule has 0 fully saturated rings. The van der Waals surface area contributed by atoms with Gasteiger partial charge in [0.05, 0.1) is 18.8 Å². The molecule has 0 atom stereocenters. The highest BCUT2D eigenvalue weighted by atomic mass is 32.1. The minimum atomic E-state index is -0.418. The molecule has 0 bridgehead atoms. The van der Waals surface area contributed by atoms with Crippen molar-refractivity contribution in [2.45, 2.75) is 13.5 Å². The fourth-order valence-corrected chi connectivity index (χ4v) is 2.12. The second kappa shape index (κ2) is 6.11. The van der Waals surface area contributed by atoms with Gasteiger partial charge in [0, 0.05) is 23.3 Å². The van der Waals surface area contributed by atoms with E-state index in [2.05, 4.69) is 15.3 Å². The van der Waals surface area contributed by atoms with Crippen LogP contribution in [0.15, 0.2) is 29.9 Å². The topological polar surface area (TPSA) is 64.1 Å². The van der Waals surface area contributed by atoms with E-state index >= 15 is 0 Å². The van der Waals surface area contributed by atoms with Crippen molar-refractivity contribution in [3.63, 3.8) is 0 Å². The Labute approximate surface area is 109 Å². The maximum absolute atomic E-state index is 11.1. The fourth-order valence-electron chi connectivity index (χ4n) is 1.38. The highest BCUT2D eigenvalue weighted by molar-refractivity contribution is 7.09. The van der Waals surface area contributed by atoms with Gasteiger partial charge in [-0.05, 0) is 19.1 Å². The molecule has 0 unspecified atom stereocenters. The zero-order valence-electron chi connectivity index (χ0n) is 9.92. The Morgan fingerprint density at radius 3 is 2.94 bits per heavy atom. The molecule has 0 aliphatic heterocycles. The van der Waals surface area contributed by atoms with Crippen molar-refractivity contribution in [2.24, 2.45) is 0 Å². The molecule has 0 aliphatic carbocycles. The molecule has 0 aliphatic rings. The number of thiazole rings is 1. The zero-order valence-corrected chi connectivity index (χ0v) is 10.7. The summed E-state index contributed by atoms with van der Waals surface area (Å²) in [6.45, 7) is 2.52. The molecular formula is C12H13N3O2S. The number of nitrogens with one attached hydrogen (secondary N) is 1. The SMILES string of the molecule is CCOC(=O)NCc1nc(-c2ccncc2)cs1. The average molecular weight is 263 g/mol. The summed E-state index contributed by atoms with van der Waals surface area (Å²) in [7, 11) is 0. The molecule has 0 spiro atoms. The molecule has 1 amide bonds. The Kier molecular flexibility index (Phi) is 4.25. The van der Waals surface area contributed by atoms with Gasteiger partial charge in [-0.3, -0.25) is 4.98 Å².